The number of benzene rings is 2. The van der Waals surface area contributed by atoms with Crippen LogP contribution in [0.2, 0.25) is 0 Å². The Labute approximate surface area is 124 Å². The zero-order valence-corrected chi connectivity index (χ0v) is 12.1. The van der Waals surface area contributed by atoms with Crippen LogP contribution in [-0.2, 0) is 6.54 Å². The predicted octanol–water partition coefficient (Wildman–Crippen LogP) is 2.22. The van der Waals surface area contributed by atoms with Crippen LogP contribution >= 0.6 is 0 Å². The van der Waals surface area contributed by atoms with Crippen LogP contribution in [0, 0.1) is 6.92 Å². The molecule has 0 aliphatic carbocycles. The standard InChI is InChI=1S/C16H19N3O2/c1-11-3-8-14(15(9-11)19-17)16(20)18-10-12-4-6-13(21-2)7-5-12/h3-9,19H,10,17H2,1-2H3,(H,18,20). The molecule has 0 saturated heterocycles. The molecule has 0 aliphatic heterocycles. The van der Waals surface area contributed by atoms with Crippen LogP contribution in [0.1, 0.15) is 21.5 Å². The molecule has 21 heavy (non-hydrogen) atoms. The van der Waals surface area contributed by atoms with Gasteiger partial charge in [-0.25, -0.2) is 0 Å². The third-order valence-corrected chi connectivity index (χ3v) is 3.19. The Morgan fingerprint density at radius 3 is 2.52 bits per heavy atom. The average molecular weight is 285 g/mol. The molecule has 0 atom stereocenters. The monoisotopic (exact) mass is 285 g/mol. The minimum Gasteiger partial charge on any atom is -0.497 e. The molecule has 1 amide bonds. The first-order valence-corrected chi connectivity index (χ1v) is 6.62. The number of ether oxygens (including phenoxy) is 1. The smallest absolute Gasteiger partial charge is 0.253 e. The first kappa shape index (κ1) is 14.9. The summed E-state index contributed by atoms with van der Waals surface area (Å²) >= 11 is 0. The molecule has 2 aromatic rings. The van der Waals surface area contributed by atoms with Crippen LogP contribution in [-0.4, -0.2) is 13.0 Å². The summed E-state index contributed by atoms with van der Waals surface area (Å²) in [6.45, 7) is 2.39. The molecule has 0 spiro atoms. The van der Waals surface area contributed by atoms with Gasteiger partial charge in [-0.1, -0.05) is 18.2 Å². The quantitative estimate of drug-likeness (QED) is 0.581. The maximum absolute atomic E-state index is 12.2. The van der Waals surface area contributed by atoms with Crippen LogP contribution < -0.4 is 21.3 Å². The summed E-state index contributed by atoms with van der Waals surface area (Å²) in [6, 6.07) is 13.0. The molecule has 0 aromatic heterocycles. The molecule has 0 unspecified atom stereocenters. The largest absolute Gasteiger partial charge is 0.497 e. The summed E-state index contributed by atoms with van der Waals surface area (Å²) in [4.78, 5) is 12.2. The molecular weight excluding hydrogens is 266 g/mol. The van der Waals surface area contributed by atoms with Gasteiger partial charge in [-0.3, -0.25) is 10.6 Å². The highest BCUT2D eigenvalue weighted by Gasteiger charge is 2.10. The zero-order valence-electron chi connectivity index (χ0n) is 12.1. The lowest BCUT2D eigenvalue weighted by Crippen LogP contribution is -2.24. The van der Waals surface area contributed by atoms with Gasteiger partial charge in [0.1, 0.15) is 5.75 Å². The van der Waals surface area contributed by atoms with Crippen LogP contribution in [0.5, 0.6) is 5.75 Å². The lowest BCUT2D eigenvalue weighted by molar-refractivity contribution is 0.0951. The summed E-state index contributed by atoms with van der Waals surface area (Å²) in [5.41, 5.74) is 5.73. The van der Waals surface area contributed by atoms with Crippen molar-refractivity contribution >= 4 is 11.6 Å². The summed E-state index contributed by atoms with van der Waals surface area (Å²) in [5, 5.41) is 2.87. The normalized spacial score (nSPS) is 10.0. The van der Waals surface area contributed by atoms with E-state index in [0.717, 1.165) is 16.9 Å². The van der Waals surface area contributed by atoms with Gasteiger partial charge < -0.3 is 15.5 Å². The zero-order chi connectivity index (χ0) is 15.2. The van der Waals surface area contributed by atoms with Crippen LogP contribution in [0.3, 0.4) is 0 Å². The molecule has 4 N–H and O–H groups in total. The SMILES string of the molecule is COc1ccc(CNC(=O)c2ccc(C)cc2NN)cc1. The van der Waals surface area contributed by atoms with Crippen LogP contribution in [0.15, 0.2) is 42.5 Å². The number of hydrogen-bond donors (Lipinski definition) is 3. The van der Waals surface area contributed by atoms with Gasteiger partial charge in [0.25, 0.3) is 5.91 Å². The molecule has 2 aromatic carbocycles. The molecule has 110 valence electrons. The van der Waals surface area contributed by atoms with Gasteiger partial charge >= 0.3 is 0 Å². The summed E-state index contributed by atoms with van der Waals surface area (Å²) in [5.74, 6) is 6.07. The Balaban J connectivity index is 2.04. The Hall–Kier alpha value is -2.53. The lowest BCUT2D eigenvalue weighted by atomic mass is 10.1. The molecule has 2 rings (SSSR count). The summed E-state index contributed by atoms with van der Waals surface area (Å²) in [6.07, 6.45) is 0. The number of carbonyl (C=O) groups is 1. The Morgan fingerprint density at radius 2 is 1.90 bits per heavy atom. The van der Waals surface area contributed by atoms with Gasteiger partial charge in [0.2, 0.25) is 0 Å². The first-order valence-electron chi connectivity index (χ1n) is 6.62. The second-order valence-electron chi connectivity index (χ2n) is 4.72. The maximum Gasteiger partial charge on any atom is 0.253 e. The number of anilines is 1. The highest BCUT2D eigenvalue weighted by Crippen LogP contribution is 2.17. The van der Waals surface area contributed by atoms with Crippen molar-refractivity contribution < 1.29 is 9.53 Å². The molecule has 5 nitrogen and oxygen atoms in total. The van der Waals surface area contributed by atoms with Crippen molar-refractivity contribution in [1.82, 2.24) is 5.32 Å². The van der Waals surface area contributed by atoms with E-state index in [1.54, 1.807) is 13.2 Å². The number of nitrogen functional groups attached to an aromatic ring is 1. The molecule has 0 heterocycles. The average Bonchev–Trinajstić information content (AvgIpc) is 2.52. The van der Waals surface area contributed by atoms with E-state index in [9.17, 15) is 4.79 Å². The fourth-order valence-corrected chi connectivity index (χ4v) is 2.00. The van der Waals surface area contributed by atoms with E-state index in [1.807, 2.05) is 43.3 Å². The maximum atomic E-state index is 12.2. The van der Waals surface area contributed by atoms with Crippen molar-refractivity contribution in [2.75, 3.05) is 12.5 Å². The second kappa shape index (κ2) is 6.76. The minimum absolute atomic E-state index is 0.168. The van der Waals surface area contributed by atoms with Gasteiger partial charge in [-0.2, -0.15) is 0 Å². The number of nitrogens with one attached hydrogen (secondary N) is 2. The highest BCUT2D eigenvalue weighted by atomic mass is 16.5. The van der Waals surface area contributed by atoms with Crippen molar-refractivity contribution in [2.24, 2.45) is 5.84 Å². The lowest BCUT2D eigenvalue weighted by Gasteiger charge is -2.11. The molecule has 0 aliphatic rings. The second-order valence-corrected chi connectivity index (χ2v) is 4.72. The van der Waals surface area contributed by atoms with Crippen molar-refractivity contribution in [2.45, 2.75) is 13.5 Å². The molecule has 0 saturated carbocycles. The van der Waals surface area contributed by atoms with Crippen molar-refractivity contribution in [3.05, 3.63) is 59.2 Å². The van der Waals surface area contributed by atoms with E-state index in [1.165, 1.54) is 0 Å². The molecule has 0 bridgehead atoms. The van der Waals surface area contributed by atoms with Crippen molar-refractivity contribution in [3.8, 4) is 5.75 Å². The molecule has 5 heteroatoms. The number of aryl methyl sites for hydroxylation is 1. The van der Waals surface area contributed by atoms with Gasteiger partial charge in [-0.15, -0.1) is 0 Å². The first-order chi connectivity index (χ1) is 10.1. The molecule has 0 fully saturated rings. The van der Waals surface area contributed by atoms with Gasteiger partial charge in [0.05, 0.1) is 18.4 Å². The number of nitrogens with two attached hydrogens (primary N) is 1. The number of hydrazine groups is 1. The van der Waals surface area contributed by atoms with E-state index in [-0.39, 0.29) is 5.91 Å². The van der Waals surface area contributed by atoms with Crippen LogP contribution in [0.4, 0.5) is 5.69 Å². The van der Waals surface area contributed by atoms with E-state index in [0.29, 0.717) is 17.8 Å². The van der Waals surface area contributed by atoms with Gasteiger partial charge in [-0.05, 0) is 42.3 Å². The van der Waals surface area contributed by atoms with Crippen LogP contribution in [0.25, 0.3) is 0 Å². The fraction of sp³-hybridized carbons (Fsp3) is 0.188. The summed E-state index contributed by atoms with van der Waals surface area (Å²) in [7, 11) is 1.62. The van der Waals surface area contributed by atoms with Crippen molar-refractivity contribution in [3.63, 3.8) is 0 Å². The number of carbonyl (C=O) groups excluding carboxylic acids is 1. The Morgan fingerprint density at radius 1 is 1.19 bits per heavy atom. The molecular formula is C16H19N3O2. The summed E-state index contributed by atoms with van der Waals surface area (Å²) < 4.78 is 5.10. The predicted molar refractivity (Wildman–Crippen MR) is 83.2 cm³/mol. The Bertz CT molecular complexity index is 624. The van der Waals surface area contributed by atoms with E-state index in [4.69, 9.17) is 10.6 Å². The van der Waals surface area contributed by atoms with Gasteiger partial charge in [0.15, 0.2) is 0 Å². The Kier molecular flexibility index (Phi) is 4.79. The van der Waals surface area contributed by atoms with E-state index < -0.39 is 0 Å². The highest BCUT2D eigenvalue weighted by molar-refractivity contribution is 5.99. The van der Waals surface area contributed by atoms with E-state index >= 15 is 0 Å². The van der Waals surface area contributed by atoms with E-state index in [2.05, 4.69) is 10.7 Å². The third-order valence-electron chi connectivity index (χ3n) is 3.19. The number of amides is 1. The topological polar surface area (TPSA) is 76.4 Å². The fourth-order valence-electron chi connectivity index (χ4n) is 2.00. The third kappa shape index (κ3) is 3.73. The molecule has 0 radical (unpaired) electrons. The number of methoxy groups -OCH3 is 1. The minimum atomic E-state index is -0.168. The number of hydrogen-bond acceptors (Lipinski definition) is 4. The number of rotatable bonds is 5. The van der Waals surface area contributed by atoms with Crippen molar-refractivity contribution in [1.29, 1.82) is 0 Å². The van der Waals surface area contributed by atoms with Gasteiger partial charge in [0, 0.05) is 6.54 Å².